The summed E-state index contributed by atoms with van der Waals surface area (Å²) >= 11 is 0. The first-order chi connectivity index (χ1) is 10.7. The molecule has 0 fully saturated rings. The number of carbonyl (C=O) groups excluding carboxylic acids is 2. The highest BCUT2D eigenvalue weighted by Crippen LogP contribution is 2.32. The number of hydrogen-bond donors (Lipinski definition) is 0. The van der Waals surface area contributed by atoms with E-state index in [4.69, 9.17) is 11.1 Å². The molecule has 2 aromatic carbocycles. The van der Waals surface area contributed by atoms with Gasteiger partial charge in [0.05, 0.1) is 0 Å². The molecule has 3 rings (SSSR count). The van der Waals surface area contributed by atoms with Gasteiger partial charge in [0.15, 0.2) is 11.6 Å². The second kappa shape index (κ2) is 5.06. The molecule has 2 aromatic rings. The molecule has 104 valence electrons. The highest BCUT2D eigenvalue weighted by molar-refractivity contribution is 6.28. The summed E-state index contributed by atoms with van der Waals surface area (Å²) in [6.07, 6.45) is 0. The molecule has 0 heterocycles. The largest absolute Gasteiger partial charge is 0.289 e. The third-order valence-corrected chi connectivity index (χ3v) is 3.31. The van der Waals surface area contributed by atoms with Crippen LogP contribution >= 0.6 is 0 Å². The van der Waals surface area contributed by atoms with E-state index >= 15 is 0 Å². The molecule has 1 aliphatic carbocycles. The van der Waals surface area contributed by atoms with E-state index in [0.717, 1.165) is 0 Å². The number of nitrogens with zero attached hydrogens (tertiary/aromatic N) is 6. The lowest BCUT2D eigenvalue weighted by atomic mass is 9.83. The number of ketones is 2. The van der Waals surface area contributed by atoms with Crippen LogP contribution in [0.5, 0.6) is 0 Å². The van der Waals surface area contributed by atoms with Crippen molar-refractivity contribution in [1.29, 1.82) is 0 Å². The Kier molecular flexibility index (Phi) is 3.08. The number of benzene rings is 2. The van der Waals surface area contributed by atoms with Gasteiger partial charge in [0.1, 0.15) is 0 Å². The lowest BCUT2D eigenvalue weighted by Crippen LogP contribution is -2.20. The summed E-state index contributed by atoms with van der Waals surface area (Å²) in [6, 6.07) is 8.60. The number of carbonyl (C=O) groups is 2. The second-order valence-electron chi connectivity index (χ2n) is 4.50. The van der Waals surface area contributed by atoms with Gasteiger partial charge in [0, 0.05) is 43.5 Å². The molecule has 0 aliphatic heterocycles. The third kappa shape index (κ3) is 1.97. The fourth-order valence-electron chi connectivity index (χ4n) is 2.35. The van der Waals surface area contributed by atoms with Crippen molar-refractivity contribution in [3.05, 3.63) is 79.5 Å². The van der Waals surface area contributed by atoms with Gasteiger partial charge in [0.2, 0.25) is 0 Å². The zero-order chi connectivity index (χ0) is 15.7. The number of rotatable bonds is 2. The fourth-order valence-corrected chi connectivity index (χ4v) is 2.35. The van der Waals surface area contributed by atoms with Gasteiger partial charge in [0.25, 0.3) is 0 Å². The zero-order valence-corrected chi connectivity index (χ0v) is 11.0. The summed E-state index contributed by atoms with van der Waals surface area (Å²) < 4.78 is 0. The van der Waals surface area contributed by atoms with Crippen molar-refractivity contribution in [1.82, 2.24) is 0 Å². The van der Waals surface area contributed by atoms with E-state index in [0.29, 0.717) is 0 Å². The first kappa shape index (κ1) is 13.4. The van der Waals surface area contributed by atoms with Gasteiger partial charge >= 0.3 is 0 Å². The van der Waals surface area contributed by atoms with Crippen LogP contribution in [0, 0.1) is 0 Å². The lowest BCUT2D eigenvalue weighted by molar-refractivity contribution is 0.0979. The SMILES string of the molecule is [N-]=[N+]=Nc1ccc2c(c1)C(=O)c1ccc(N=[N+]=[N-])cc1C2=O. The monoisotopic (exact) mass is 290 g/mol. The summed E-state index contributed by atoms with van der Waals surface area (Å²) in [5.74, 6) is -0.681. The minimum Gasteiger partial charge on any atom is -0.289 e. The molecule has 0 aromatic heterocycles. The Hall–Kier alpha value is -3.60. The van der Waals surface area contributed by atoms with Crippen LogP contribution in [0.15, 0.2) is 46.6 Å². The summed E-state index contributed by atoms with van der Waals surface area (Å²) in [5, 5.41) is 6.86. The summed E-state index contributed by atoms with van der Waals surface area (Å²) in [6.45, 7) is 0. The van der Waals surface area contributed by atoms with Crippen molar-refractivity contribution in [3.63, 3.8) is 0 Å². The van der Waals surface area contributed by atoms with E-state index in [1.165, 1.54) is 36.4 Å². The summed E-state index contributed by atoms with van der Waals surface area (Å²) in [5.41, 5.74) is 18.3. The summed E-state index contributed by atoms with van der Waals surface area (Å²) in [4.78, 5) is 30.3. The topological polar surface area (TPSA) is 132 Å². The lowest BCUT2D eigenvalue weighted by Gasteiger charge is -2.17. The van der Waals surface area contributed by atoms with E-state index in [1.807, 2.05) is 0 Å². The molecule has 22 heavy (non-hydrogen) atoms. The maximum absolute atomic E-state index is 12.5. The highest BCUT2D eigenvalue weighted by Gasteiger charge is 2.29. The predicted octanol–water partition coefficient (Wildman–Crippen LogP) is 4.35. The van der Waals surface area contributed by atoms with Crippen molar-refractivity contribution in [2.75, 3.05) is 0 Å². The van der Waals surface area contributed by atoms with Crippen molar-refractivity contribution in [2.24, 2.45) is 10.2 Å². The first-order valence-corrected chi connectivity index (χ1v) is 6.13. The first-order valence-electron chi connectivity index (χ1n) is 6.13. The number of hydrogen-bond acceptors (Lipinski definition) is 4. The molecule has 0 atom stereocenters. The quantitative estimate of drug-likeness (QED) is 0.394. The highest BCUT2D eigenvalue weighted by atomic mass is 16.1. The molecular weight excluding hydrogens is 284 g/mol. The summed E-state index contributed by atoms with van der Waals surface area (Å²) in [7, 11) is 0. The van der Waals surface area contributed by atoms with Gasteiger partial charge < -0.3 is 0 Å². The molecule has 0 N–H and O–H groups in total. The van der Waals surface area contributed by atoms with E-state index in [2.05, 4.69) is 20.1 Å². The normalized spacial score (nSPS) is 11.8. The van der Waals surface area contributed by atoms with Crippen LogP contribution in [0.4, 0.5) is 11.4 Å². The van der Waals surface area contributed by atoms with Crippen molar-refractivity contribution in [3.8, 4) is 0 Å². The number of azide groups is 2. The van der Waals surface area contributed by atoms with E-state index in [9.17, 15) is 9.59 Å². The molecule has 1 aliphatic rings. The Bertz CT molecular complexity index is 859. The van der Waals surface area contributed by atoms with Crippen LogP contribution in [0.2, 0.25) is 0 Å². The van der Waals surface area contributed by atoms with Crippen LogP contribution in [0.25, 0.3) is 20.9 Å². The molecule has 0 saturated heterocycles. The molecular formula is C14H6N6O2. The Labute approximate surface area is 123 Å². The second-order valence-corrected chi connectivity index (χ2v) is 4.50. The van der Waals surface area contributed by atoms with Gasteiger partial charge in [-0.05, 0) is 35.3 Å². The van der Waals surface area contributed by atoms with E-state index in [1.54, 1.807) is 0 Å². The molecule has 0 amide bonds. The Balaban J connectivity index is 2.22. The molecule has 8 heteroatoms. The van der Waals surface area contributed by atoms with Crippen molar-refractivity contribution < 1.29 is 9.59 Å². The van der Waals surface area contributed by atoms with E-state index in [-0.39, 0.29) is 45.2 Å². The van der Waals surface area contributed by atoms with Gasteiger partial charge in [-0.25, -0.2) is 0 Å². The van der Waals surface area contributed by atoms with Gasteiger partial charge in [-0.2, -0.15) is 0 Å². The van der Waals surface area contributed by atoms with Crippen LogP contribution in [0.1, 0.15) is 31.8 Å². The van der Waals surface area contributed by atoms with Crippen LogP contribution in [-0.4, -0.2) is 11.6 Å². The maximum atomic E-state index is 12.5. The van der Waals surface area contributed by atoms with Crippen molar-refractivity contribution in [2.45, 2.75) is 0 Å². The van der Waals surface area contributed by atoms with E-state index < -0.39 is 0 Å². The fraction of sp³-hybridized carbons (Fsp3) is 0. The smallest absolute Gasteiger partial charge is 0.194 e. The third-order valence-electron chi connectivity index (χ3n) is 3.31. The van der Waals surface area contributed by atoms with Crippen LogP contribution in [-0.2, 0) is 0 Å². The Morgan fingerprint density at radius 2 is 1.09 bits per heavy atom. The molecule has 0 radical (unpaired) electrons. The number of fused-ring (bicyclic) bond motifs is 2. The molecule has 0 bridgehead atoms. The van der Waals surface area contributed by atoms with Gasteiger partial charge in [-0.3, -0.25) is 9.59 Å². The minimum absolute atomic E-state index is 0.193. The van der Waals surface area contributed by atoms with Crippen LogP contribution < -0.4 is 0 Å². The minimum atomic E-state index is -0.341. The average molecular weight is 290 g/mol. The molecule has 8 nitrogen and oxygen atoms in total. The van der Waals surface area contributed by atoms with Crippen LogP contribution in [0.3, 0.4) is 0 Å². The molecule has 0 saturated carbocycles. The van der Waals surface area contributed by atoms with Gasteiger partial charge in [-0.15, -0.1) is 0 Å². The standard InChI is InChI=1S/C14H6N6O2/c15-19-17-7-1-3-9-11(5-7)14(22)10-4-2-8(18-20-16)6-12(10)13(9)21/h1-6H. The molecule has 0 unspecified atom stereocenters. The average Bonchev–Trinajstić information content (AvgIpc) is 2.53. The zero-order valence-electron chi connectivity index (χ0n) is 11.0. The Morgan fingerprint density at radius 3 is 1.45 bits per heavy atom. The van der Waals surface area contributed by atoms with Crippen molar-refractivity contribution >= 4 is 22.9 Å². The van der Waals surface area contributed by atoms with Gasteiger partial charge in [-0.1, -0.05) is 22.4 Å². The molecule has 0 spiro atoms. The Morgan fingerprint density at radius 1 is 0.682 bits per heavy atom. The predicted molar refractivity (Wildman–Crippen MR) is 77.4 cm³/mol. The maximum Gasteiger partial charge on any atom is 0.194 e.